The van der Waals surface area contributed by atoms with Crippen molar-refractivity contribution in [2.45, 2.75) is 24.0 Å². The number of Topliss-reactive ketones (excluding diaryl/α,β-unsaturated/α-hetero) is 1. The summed E-state index contributed by atoms with van der Waals surface area (Å²) >= 11 is 1.14. The fourth-order valence-corrected chi connectivity index (χ4v) is 4.88. The topological polar surface area (TPSA) is 93.4 Å². The molecule has 152 valence electrons. The summed E-state index contributed by atoms with van der Waals surface area (Å²) in [6, 6.07) is 15.4. The zero-order chi connectivity index (χ0) is 20.9. The average molecular weight is 432 g/mol. The number of sulfonamides is 1. The first-order chi connectivity index (χ1) is 14.0. The minimum Gasteiger partial charge on any atom is -0.411 e. The van der Waals surface area contributed by atoms with Gasteiger partial charge in [-0.05, 0) is 18.2 Å². The van der Waals surface area contributed by atoms with Crippen molar-refractivity contribution in [2.24, 2.45) is 0 Å². The Morgan fingerprint density at radius 1 is 1.03 bits per heavy atom. The lowest BCUT2D eigenvalue weighted by Crippen LogP contribution is -2.30. The molecule has 0 aliphatic carbocycles. The van der Waals surface area contributed by atoms with Crippen LogP contribution in [0.5, 0.6) is 0 Å². The number of thioether (sulfide) groups is 1. The number of carbonyl (C=O) groups excluding carboxylic acids is 1. The molecule has 0 spiro atoms. The molecule has 0 bridgehead atoms. The minimum absolute atomic E-state index is 0.0392. The van der Waals surface area contributed by atoms with Crippen LogP contribution in [0.15, 0.2) is 69.1 Å². The van der Waals surface area contributed by atoms with Crippen LogP contribution in [-0.4, -0.2) is 47.5 Å². The molecule has 9 heteroatoms. The van der Waals surface area contributed by atoms with Gasteiger partial charge in [0.05, 0.1) is 10.6 Å². The molecule has 0 N–H and O–H groups in total. The Kier molecular flexibility index (Phi) is 6.83. The molecule has 2 aromatic carbocycles. The molecule has 1 aromatic heterocycles. The third kappa shape index (κ3) is 4.92. The summed E-state index contributed by atoms with van der Waals surface area (Å²) in [7, 11) is -3.58. The smallest absolute Gasteiger partial charge is 0.277 e. The standard InChI is InChI=1S/C20H21N3O4S2/c1-3-23(4-2)29(25,26)17-12-8-11-16(13-17)19-21-22-20(27-19)28-14-18(24)15-9-6-5-7-10-15/h5-13H,3-4,14H2,1-2H3. The van der Waals surface area contributed by atoms with E-state index < -0.39 is 10.0 Å². The first kappa shape index (κ1) is 21.2. The molecule has 0 saturated heterocycles. The van der Waals surface area contributed by atoms with E-state index in [4.69, 9.17) is 4.42 Å². The van der Waals surface area contributed by atoms with Crippen LogP contribution in [0.1, 0.15) is 24.2 Å². The highest BCUT2D eigenvalue weighted by Crippen LogP contribution is 2.26. The fourth-order valence-electron chi connectivity index (χ4n) is 2.72. The molecular formula is C20H21N3O4S2. The molecule has 0 amide bonds. The predicted molar refractivity (Wildman–Crippen MR) is 111 cm³/mol. The summed E-state index contributed by atoms with van der Waals surface area (Å²) in [5.41, 5.74) is 1.13. The molecule has 0 fully saturated rings. The predicted octanol–water partition coefficient (Wildman–Crippen LogP) is 3.74. The van der Waals surface area contributed by atoms with Gasteiger partial charge in [0, 0.05) is 24.2 Å². The summed E-state index contributed by atoms with van der Waals surface area (Å²) in [4.78, 5) is 12.4. The molecule has 0 atom stereocenters. The van der Waals surface area contributed by atoms with Crippen LogP contribution in [0.25, 0.3) is 11.5 Å². The third-order valence-corrected chi connectivity index (χ3v) is 7.12. The molecule has 7 nitrogen and oxygen atoms in total. The van der Waals surface area contributed by atoms with E-state index in [0.29, 0.717) is 24.2 Å². The molecule has 3 aromatic rings. The lowest BCUT2D eigenvalue weighted by molar-refractivity contribution is 0.102. The molecule has 3 rings (SSSR count). The zero-order valence-corrected chi connectivity index (χ0v) is 17.7. The molecule has 0 radical (unpaired) electrons. The monoisotopic (exact) mass is 431 g/mol. The highest BCUT2D eigenvalue weighted by atomic mass is 32.2. The van der Waals surface area contributed by atoms with Crippen molar-refractivity contribution < 1.29 is 17.6 Å². The SMILES string of the molecule is CCN(CC)S(=O)(=O)c1cccc(-c2nnc(SCC(=O)c3ccccc3)o2)c1. The number of ketones is 1. The van der Waals surface area contributed by atoms with Gasteiger partial charge in [-0.3, -0.25) is 4.79 Å². The van der Waals surface area contributed by atoms with E-state index in [0.717, 1.165) is 11.8 Å². The maximum absolute atomic E-state index is 12.7. The minimum atomic E-state index is -3.58. The first-order valence-corrected chi connectivity index (χ1v) is 11.5. The Labute approximate surface area is 174 Å². The number of rotatable bonds is 9. The van der Waals surface area contributed by atoms with E-state index >= 15 is 0 Å². The van der Waals surface area contributed by atoms with Crippen molar-refractivity contribution in [1.29, 1.82) is 0 Å². The molecular weight excluding hydrogens is 410 g/mol. The number of carbonyl (C=O) groups is 1. The summed E-state index contributed by atoms with van der Waals surface area (Å²) < 4.78 is 32.4. The second-order valence-corrected chi connectivity index (χ2v) is 8.93. The van der Waals surface area contributed by atoms with Gasteiger partial charge in [0.25, 0.3) is 5.22 Å². The first-order valence-electron chi connectivity index (χ1n) is 9.10. The number of hydrogen-bond acceptors (Lipinski definition) is 7. The van der Waals surface area contributed by atoms with Crippen molar-refractivity contribution in [3.63, 3.8) is 0 Å². The van der Waals surface area contributed by atoms with Crippen LogP contribution < -0.4 is 0 Å². The van der Waals surface area contributed by atoms with Crippen LogP contribution in [-0.2, 0) is 10.0 Å². The number of hydrogen-bond donors (Lipinski definition) is 0. The Morgan fingerprint density at radius 2 is 1.76 bits per heavy atom. The summed E-state index contributed by atoms with van der Waals surface area (Å²) in [5.74, 6) is 0.334. The maximum Gasteiger partial charge on any atom is 0.277 e. The van der Waals surface area contributed by atoms with Gasteiger partial charge in [-0.2, -0.15) is 4.31 Å². The molecule has 0 aliphatic heterocycles. The van der Waals surface area contributed by atoms with E-state index in [9.17, 15) is 13.2 Å². The molecule has 29 heavy (non-hydrogen) atoms. The Bertz CT molecular complexity index is 1080. The van der Waals surface area contributed by atoms with Crippen molar-refractivity contribution in [3.05, 3.63) is 60.2 Å². The van der Waals surface area contributed by atoms with Crippen molar-refractivity contribution in [3.8, 4) is 11.5 Å². The van der Waals surface area contributed by atoms with E-state index in [1.165, 1.54) is 10.4 Å². The van der Waals surface area contributed by atoms with Crippen molar-refractivity contribution in [2.75, 3.05) is 18.8 Å². The molecule has 0 aliphatic rings. The number of aromatic nitrogens is 2. The van der Waals surface area contributed by atoms with Crippen molar-refractivity contribution in [1.82, 2.24) is 14.5 Å². The Hall–Kier alpha value is -2.49. The zero-order valence-electron chi connectivity index (χ0n) is 16.1. The van der Waals surface area contributed by atoms with Gasteiger partial charge in [0.1, 0.15) is 0 Å². The third-order valence-electron chi connectivity index (χ3n) is 4.25. The van der Waals surface area contributed by atoms with Gasteiger partial charge in [-0.1, -0.05) is 62.0 Å². The normalized spacial score (nSPS) is 11.7. The van der Waals surface area contributed by atoms with E-state index in [2.05, 4.69) is 10.2 Å². The Morgan fingerprint density at radius 3 is 2.45 bits per heavy atom. The quantitative estimate of drug-likeness (QED) is 0.376. The van der Waals surface area contributed by atoms with Gasteiger partial charge >= 0.3 is 0 Å². The highest BCUT2D eigenvalue weighted by molar-refractivity contribution is 7.99. The fraction of sp³-hybridized carbons (Fsp3) is 0.250. The van der Waals surface area contributed by atoms with Crippen LogP contribution >= 0.6 is 11.8 Å². The summed E-state index contributed by atoms with van der Waals surface area (Å²) in [6.07, 6.45) is 0. The Balaban J connectivity index is 1.74. The van der Waals surface area contributed by atoms with Crippen LogP contribution in [0.3, 0.4) is 0 Å². The summed E-state index contributed by atoms with van der Waals surface area (Å²) in [6.45, 7) is 4.37. The van der Waals surface area contributed by atoms with Crippen LogP contribution in [0.4, 0.5) is 0 Å². The van der Waals surface area contributed by atoms with E-state index in [1.807, 2.05) is 18.2 Å². The van der Waals surface area contributed by atoms with Gasteiger partial charge in [-0.25, -0.2) is 8.42 Å². The van der Waals surface area contributed by atoms with Gasteiger partial charge in [0.2, 0.25) is 15.9 Å². The lowest BCUT2D eigenvalue weighted by Gasteiger charge is -2.18. The molecule has 0 saturated carbocycles. The number of benzene rings is 2. The van der Waals surface area contributed by atoms with Crippen LogP contribution in [0, 0.1) is 0 Å². The molecule has 0 unspecified atom stereocenters. The van der Waals surface area contributed by atoms with Gasteiger partial charge in [-0.15, -0.1) is 10.2 Å². The maximum atomic E-state index is 12.7. The van der Waals surface area contributed by atoms with E-state index in [1.54, 1.807) is 44.2 Å². The number of nitrogens with zero attached hydrogens (tertiary/aromatic N) is 3. The van der Waals surface area contributed by atoms with Gasteiger partial charge < -0.3 is 4.42 Å². The highest BCUT2D eigenvalue weighted by Gasteiger charge is 2.22. The van der Waals surface area contributed by atoms with Crippen molar-refractivity contribution >= 4 is 27.6 Å². The lowest BCUT2D eigenvalue weighted by atomic mass is 10.2. The molecule has 1 heterocycles. The van der Waals surface area contributed by atoms with E-state index in [-0.39, 0.29) is 27.5 Å². The van der Waals surface area contributed by atoms with Crippen LogP contribution in [0.2, 0.25) is 0 Å². The largest absolute Gasteiger partial charge is 0.411 e. The van der Waals surface area contributed by atoms with Gasteiger partial charge in [0.15, 0.2) is 5.78 Å². The second-order valence-electron chi connectivity index (χ2n) is 6.07. The average Bonchev–Trinajstić information content (AvgIpc) is 3.22. The second kappa shape index (κ2) is 9.34. The summed E-state index contributed by atoms with van der Waals surface area (Å²) in [5, 5.41) is 8.19.